The Labute approximate surface area is 505 Å². The smallest absolute Gasteiger partial charge is 0.271 e. The molecule has 8 atom stereocenters. The molecule has 0 aliphatic rings. The van der Waals surface area contributed by atoms with Crippen LogP contribution in [0.15, 0.2) is 33.7 Å². The molecule has 0 fully saturated rings. The molecule has 19 N–H and O–H groups in total. The maximum atomic E-state index is 14.0. The van der Waals surface area contributed by atoms with Gasteiger partial charge in [0.2, 0.25) is 29.5 Å². The second kappa shape index (κ2) is 35.2. The zero-order valence-electron chi connectivity index (χ0n) is 47.4. The van der Waals surface area contributed by atoms with Crippen LogP contribution in [0.3, 0.4) is 0 Å². The standard InChI is InChI=1S/C52H78N18O9S5/c1-28-41(69-45(70-43(28)56)34(23-39(55)71)62-24-32(54)44(57)73)50(78)66-35(22-31-10-7-20-80-31)49(77)63-30(3)42(72)29(2)46(74)65-33(12-21-84(4)79)47(75)61-19-11-40-64-37(26-81-40)51-68-38(27-83-51)52-67-36(25-82-52)48(76)60-18-9-17-59-15-6-5-14-58-16-8-13-53/h7,10,20,25-27,29-30,32-35,42,58-59,62,72H,5-6,8-9,11-19,21-24,53-54H2,1-4H3,(H2,55,71)(H2,57,73)(H,60,76)(H,61,75)(H,63,77)(H,65,74)(H,66,78)(H2,56,69,70)/t29-,30+,32-,33-,34-,35-,42-,84?/m0/s1. The lowest BCUT2D eigenvalue weighted by atomic mass is 9.97. The average molecular weight is 1260 g/mol. The first-order chi connectivity index (χ1) is 40.1. The lowest BCUT2D eigenvalue weighted by Gasteiger charge is -2.28. The van der Waals surface area contributed by atoms with Gasteiger partial charge in [0.25, 0.3) is 11.8 Å². The number of aliphatic hydroxyl groups is 1. The van der Waals surface area contributed by atoms with Crippen molar-refractivity contribution in [3.63, 3.8) is 0 Å². The maximum Gasteiger partial charge on any atom is 0.271 e. The number of primary amides is 2. The molecule has 0 aromatic carbocycles. The number of carbonyl (C=O) groups is 7. The summed E-state index contributed by atoms with van der Waals surface area (Å²) in [7, 11) is -1.31. The number of rotatable bonds is 39. The second-order valence-electron chi connectivity index (χ2n) is 19.8. The predicted molar refractivity (Wildman–Crippen MR) is 327 cm³/mol. The predicted octanol–water partition coefficient (Wildman–Crippen LogP) is -0.666. The van der Waals surface area contributed by atoms with Crippen molar-refractivity contribution in [2.75, 3.05) is 70.1 Å². The van der Waals surface area contributed by atoms with Crippen molar-refractivity contribution in [3.05, 3.63) is 66.3 Å². The van der Waals surface area contributed by atoms with E-state index >= 15 is 0 Å². The molecule has 0 spiro atoms. The normalized spacial score (nSPS) is 14.3. The van der Waals surface area contributed by atoms with Crippen LogP contribution in [-0.2, 0) is 47.6 Å². The van der Waals surface area contributed by atoms with Gasteiger partial charge in [-0.15, -0.1) is 45.3 Å². The molecule has 0 bridgehead atoms. The highest BCUT2D eigenvalue weighted by Crippen LogP contribution is 2.31. The van der Waals surface area contributed by atoms with E-state index in [-0.39, 0.29) is 66.9 Å². The fourth-order valence-corrected chi connectivity index (χ4v) is 11.9. The zero-order chi connectivity index (χ0) is 61.3. The SMILES string of the molecule is Cc1c(N)nc([C@H](CC(N)=O)NC[C@H](N)C(N)=O)nc1C(=O)N[C@@H](Cc1cccs1)C(=O)N[C@H](C)[C@@H](O)[C@H](C)C(=O)N[C@@H](CCS(C)=O)C(=O)NCCc1nc(-c2nc(-c3nc(C(=O)NCCCNCCCCNCCCN)cs3)cs2)cs1. The molecular weight excluding hydrogens is 1180 g/mol. The Morgan fingerprint density at radius 1 is 0.738 bits per heavy atom. The molecule has 5 rings (SSSR count). The van der Waals surface area contributed by atoms with Crippen LogP contribution < -0.4 is 71.2 Å². The van der Waals surface area contributed by atoms with E-state index in [4.69, 9.17) is 38.6 Å². The van der Waals surface area contributed by atoms with Gasteiger partial charge in [-0.25, -0.2) is 24.9 Å². The Morgan fingerprint density at radius 2 is 1.42 bits per heavy atom. The van der Waals surface area contributed by atoms with Crippen LogP contribution in [0.1, 0.15) is 101 Å². The van der Waals surface area contributed by atoms with Crippen molar-refractivity contribution in [1.82, 2.24) is 67.5 Å². The Morgan fingerprint density at radius 3 is 2.10 bits per heavy atom. The summed E-state index contributed by atoms with van der Waals surface area (Å²) in [4.78, 5) is 115. The van der Waals surface area contributed by atoms with Crippen LogP contribution >= 0.6 is 45.3 Å². The van der Waals surface area contributed by atoms with Crippen molar-refractivity contribution >= 4 is 103 Å². The molecule has 7 amide bonds. The van der Waals surface area contributed by atoms with Crippen LogP contribution in [0, 0.1) is 12.8 Å². The van der Waals surface area contributed by atoms with Gasteiger partial charge in [0.15, 0.2) is 0 Å². The van der Waals surface area contributed by atoms with E-state index in [0.29, 0.717) is 51.6 Å². The van der Waals surface area contributed by atoms with Gasteiger partial charge < -0.3 is 76.3 Å². The van der Waals surface area contributed by atoms with E-state index in [0.717, 1.165) is 56.7 Å². The Bertz CT molecular complexity index is 2980. The van der Waals surface area contributed by atoms with Gasteiger partial charge >= 0.3 is 0 Å². The van der Waals surface area contributed by atoms with Crippen molar-refractivity contribution in [2.24, 2.45) is 28.9 Å². The fourth-order valence-electron chi connectivity index (χ4n) is 8.08. The van der Waals surface area contributed by atoms with Gasteiger partial charge in [0.1, 0.15) is 56.5 Å². The number of thiophene rings is 1. The minimum Gasteiger partial charge on any atom is -0.390 e. The van der Waals surface area contributed by atoms with Crippen molar-refractivity contribution in [3.8, 4) is 21.4 Å². The summed E-state index contributed by atoms with van der Waals surface area (Å²) in [6.45, 7) is 9.22. The lowest BCUT2D eigenvalue weighted by molar-refractivity contribution is -0.134. The fraction of sp³-hybridized carbons (Fsp3) is 0.538. The number of nitrogens with two attached hydrogens (primary N) is 5. The highest BCUT2D eigenvalue weighted by atomic mass is 32.2. The van der Waals surface area contributed by atoms with Crippen LogP contribution in [0.5, 0.6) is 0 Å². The van der Waals surface area contributed by atoms with E-state index in [1.165, 1.54) is 72.4 Å². The van der Waals surface area contributed by atoms with E-state index in [1.807, 2.05) is 10.8 Å². The molecule has 1 unspecified atom stereocenters. The number of anilines is 1. The lowest BCUT2D eigenvalue weighted by Crippen LogP contribution is -2.56. The third-order valence-corrected chi connectivity index (χ3v) is 17.4. The number of nitrogens with zero attached hydrogens (tertiary/aromatic N) is 5. The summed E-state index contributed by atoms with van der Waals surface area (Å²) < 4.78 is 12.2. The zero-order valence-corrected chi connectivity index (χ0v) is 51.5. The summed E-state index contributed by atoms with van der Waals surface area (Å²) in [6.07, 6.45) is 3.93. The first-order valence-corrected chi connectivity index (χ1v) is 32.6. The molecule has 0 aliphatic carbocycles. The van der Waals surface area contributed by atoms with Gasteiger partial charge in [-0.3, -0.25) is 37.8 Å². The summed E-state index contributed by atoms with van der Waals surface area (Å²) >= 11 is 5.43. The number of carbonyl (C=O) groups excluding carboxylic acids is 7. The number of hydrogen-bond donors (Lipinski definition) is 14. The molecule has 460 valence electrons. The molecule has 84 heavy (non-hydrogen) atoms. The molecule has 27 nitrogen and oxygen atoms in total. The summed E-state index contributed by atoms with van der Waals surface area (Å²) in [6, 6.07) is -2.10. The summed E-state index contributed by atoms with van der Waals surface area (Å²) in [5, 5.41) is 44.1. The number of amides is 7. The van der Waals surface area contributed by atoms with Crippen LogP contribution in [0.4, 0.5) is 5.82 Å². The van der Waals surface area contributed by atoms with Crippen LogP contribution in [-0.4, -0.2) is 170 Å². The Balaban J connectivity index is 1.12. The summed E-state index contributed by atoms with van der Waals surface area (Å²) in [5.41, 5.74) is 29.8. The van der Waals surface area contributed by atoms with Crippen molar-refractivity contribution in [2.45, 2.75) is 108 Å². The number of hydrogen-bond acceptors (Lipinski definition) is 24. The first kappa shape index (κ1) is 68.5. The molecule has 0 saturated carbocycles. The number of nitrogens with one attached hydrogen (secondary N) is 8. The highest BCUT2D eigenvalue weighted by molar-refractivity contribution is 7.84. The molecular formula is C52H78N18O9S5. The minimum atomic E-state index is -1.50. The molecule has 0 aliphatic heterocycles. The number of nitrogen functional groups attached to an aromatic ring is 1. The van der Waals surface area contributed by atoms with Crippen molar-refractivity contribution < 1.29 is 42.9 Å². The Kier molecular flexibility index (Phi) is 28.7. The number of unbranched alkanes of at least 4 members (excludes halogenated alkanes) is 1. The van der Waals surface area contributed by atoms with Gasteiger partial charge in [-0.1, -0.05) is 13.0 Å². The molecule has 5 aromatic rings. The van der Waals surface area contributed by atoms with E-state index < -0.39 is 88.5 Å². The number of aromatic nitrogens is 5. The topological polar surface area (TPSA) is 448 Å². The monoisotopic (exact) mass is 1260 g/mol. The van der Waals surface area contributed by atoms with E-state index in [1.54, 1.807) is 22.9 Å². The molecule has 0 saturated heterocycles. The maximum absolute atomic E-state index is 14.0. The van der Waals surface area contributed by atoms with Gasteiger partial charge in [0, 0.05) is 88.3 Å². The third-order valence-electron chi connectivity index (χ3n) is 13.0. The Hall–Kier alpha value is -6.33. The van der Waals surface area contributed by atoms with E-state index in [2.05, 4.69) is 57.5 Å². The number of aliphatic hydroxyl groups excluding tert-OH is 1. The van der Waals surface area contributed by atoms with E-state index in [9.17, 15) is 42.9 Å². The molecule has 0 radical (unpaired) electrons. The number of thiazole rings is 3. The minimum absolute atomic E-state index is 0.0113. The highest BCUT2D eigenvalue weighted by Gasteiger charge is 2.34. The average Bonchev–Trinajstić information content (AvgIpc) is 3.47. The van der Waals surface area contributed by atoms with Gasteiger partial charge in [-0.2, -0.15) is 0 Å². The van der Waals surface area contributed by atoms with Crippen LogP contribution in [0.25, 0.3) is 21.4 Å². The third kappa shape index (κ3) is 22.3. The quantitative estimate of drug-likeness (QED) is 0.0217. The van der Waals surface area contributed by atoms with Crippen LogP contribution in [0.2, 0.25) is 0 Å². The first-order valence-electron chi connectivity index (χ1n) is 27.3. The second-order valence-corrected chi connectivity index (χ2v) is 25.0. The van der Waals surface area contributed by atoms with Gasteiger partial charge in [0.05, 0.1) is 35.2 Å². The largest absolute Gasteiger partial charge is 0.390 e. The molecule has 5 aromatic heterocycles. The van der Waals surface area contributed by atoms with Gasteiger partial charge in [-0.05, 0) is 90.1 Å². The summed E-state index contributed by atoms with van der Waals surface area (Å²) in [5.74, 6) is -5.97. The van der Waals surface area contributed by atoms with Crippen molar-refractivity contribution in [1.29, 1.82) is 0 Å². The molecule has 5 heterocycles. The molecule has 32 heteroatoms.